The molecule has 1 aromatic rings. The smallest absolute Gasteiger partial charge is 0.229 e. The molecule has 17 heavy (non-hydrogen) atoms. The Labute approximate surface area is 102 Å². The van der Waals surface area contributed by atoms with Crippen LogP contribution in [-0.4, -0.2) is 17.6 Å². The number of carbonyl (C=O) groups is 1. The fraction of sp³-hybridized carbons (Fsp3) is 0.462. The number of amides is 1. The van der Waals surface area contributed by atoms with Crippen molar-refractivity contribution in [3.8, 4) is 5.75 Å². The van der Waals surface area contributed by atoms with Crippen LogP contribution in [0.2, 0.25) is 0 Å². The average molecular weight is 236 g/mol. The molecule has 0 aliphatic carbocycles. The van der Waals surface area contributed by atoms with Crippen molar-refractivity contribution in [2.45, 2.75) is 20.8 Å². The molecule has 4 heteroatoms. The minimum Gasteiger partial charge on any atom is -0.505 e. The Kier molecular flexibility index (Phi) is 4.52. The molecule has 94 valence electrons. The molecule has 4 N–H and O–H groups in total. The molecular formula is C13H20N2O2. The summed E-state index contributed by atoms with van der Waals surface area (Å²) < 4.78 is 0. The van der Waals surface area contributed by atoms with Crippen molar-refractivity contribution in [2.75, 3.05) is 11.9 Å². The number of aryl methyl sites for hydroxylation is 1. The summed E-state index contributed by atoms with van der Waals surface area (Å²) >= 11 is 0. The molecule has 0 saturated carbocycles. The Balaban J connectivity index is 2.84. The van der Waals surface area contributed by atoms with Crippen LogP contribution < -0.4 is 11.1 Å². The number of rotatable bonds is 4. The molecule has 0 aliphatic rings. The monoisotopic (exact) mass is 236 g/mol. The Hall–Kier alpha value is -1.55. The summed E-state index contributed by atoms with van der Waals surface area (Å²) in [5, 5.41) is 12.5. The number of phenolic OH excluding ortho intramolecular Hbond substituents is 1. The molecule has 0 bridgehead atoms. The first-order valence-electron chi connectivity index (χ1n) is 5.76. The van der Waals surface area contributed by atoms with Crippen LogP contribution in [0.25, 0.3) is 0 Å². The third-order valence-corrected chi connectivity index (χ3v) is 2.89. The topological polar surface area (TPSA) is 75.4 Å². The van der Waals surface area contributed by atoms with Gasteiger partial charge in [-0.1, -0.05) is 26.0 Å². The van der Waals surface area contributed by atoms with Gasteiger partial charge in [0.2, 0.25) is 5.91 Å². The lowest BCUT2D eigenvalue weighted by atomic mass is 9.95. The molecule has 0 radical (unpaired) electrons. The summed E-state index contributed by atoms with van der Waals surface area (Å²) in [5.41, 5.74) is 6.74. The third-order valence-electron chi connectivity index (χ3n) is 2.89. The maximum absolute atomic E-state index is 11.9. The fourth-order valence-electron chi connectivity index (χ4n) is 1.67. The van der Waals surface area contributed by atoms with Gasteiger partial charge < -0.3 is 16.2 Å². The van der Waals surface area contributed by atoms with Gasteiger partial charge in [0.15, 0.2) is 0 Å². The maximum Gasteiger partial charge on any atom is 0.229 e. The molecule has 1 rings (SSSR count). The minimum atomic E-state index is -0.241. The van der Waals surface area contributed by atoms with E-state index in [9.17, 15) is 9.90 Å². The van der Waals surface area contributed by atoms with Crippen molar-refractivity contribution in [3.05, 3.63) is 23.8 Å². The van der Waals surface area contributed by atoms with Crippen LogP contribution in [-0.2, 0) is 4.79 Å². The number of benzene rings is 1. The maximum atomic E-state index is 11.9. The van der Waals surface area contributed by atoms with E-state index in [1.165, 1.54) is 0 Å². The van der Waals surface area contributed by atoms with Crippen molar-refractivity contribution < 1.29 is 9.90 Å². The van der Waals surface area contributed by atoms with Gasteiger partial charge in [-0.25, -0.2) is 0 Å². The van der Waals surface area contributed by atoms with Crippen molar-refractivity contribution in [1.29, 1.82) is 0 Å². The van der Waals surface area contributed by atoms with Crippen LogP contribution in [0.5, 0.6) is 5.75 Å². The first-order valence-corrected chi connectivity index (χ1v) is 5.76. The second kappa shape index (κ2) is 5.68. The second-order valence-corrected chi connectivity index (χ2v) is 4.55. The number of hydrogen-bond donors (Lipinski definition) is 3. The Morgan fingerprint density at radius 1 is 1.47 bits per heavy atom. The van der Waals surface area contributed by atoms with Gasteiger partial charge in [0.05, 0.1) is 11.6 Å². The van der Waals surface area contributed by atoms with Crippen LogP contribution in [0.3, 0.4) is 0 Å². The highest BCUT2D eigenvalue weighted by molar-refractivity contribution is 5.94. The van der Waals surface area contributed by atoms with Crippen molar-refractivity contribution in [2.24, 2.45) is 17.6 Å². The molecule has 1 amide bonds. The van der Waals surface area contributed by atoms with E-state index in [0.29, 0.717) is 12.2 Å². The highest BCUT2D eigenvalue weighted by atomic mass is 16.3. The van der Waals surface area contributed by atoms with Gasteiger partial charge in [-0.15, -0.1) is 0 Å². The Bertz CT molecular complexity index is 402. The number of aromatic hydroxyl groups is 1. The quantitative estimate of drug-likeness (QED) is 0.698. The summed E-state index contributed by atoms with van der Waals surface area (Å²) in [4.78, 5) is 11.9. The van der Waals surface area contributed by atoms with Gasteiger partial charge in [-0.05, 0) is 24.5 Å². The van der Waals surface area contributed by atoms with E-state index in [1.54, 1.807) is 25.1 Å². The SMILES string of the molecule is Cc1cccc(NC(=O)C(CN)C(C)C)c1O. The Morgan fingerprint density at radius 3 is 2.65 bits per heavy atom. The fourth-order valence-corrected chi connectivity index (χ4v) is 1.67. The summed E-state index contributed by atoms with van der Waals surface area (Å²) in [6.07, 6.45) is 0. The standard InChI is InChI=1S/C13H20N2O2/c1-8(2)10(7-14)13(17)15-11-6-4-5-9(3)12(11)16/h4-6,8,10,16H,7,14H2,1-3H3,(H,15,17). The van der Waals surface area contributed by atoms with Crippen molar-refractivity contribution in [1.82, 2.24) is 0 Å². The van der Waals surface area contributed by atoms with E-state index in [2.05, 4.69) is 5.32 Å². The normalized spacial score (nSPS) is 12.5. The van der Waals surface area contributed by atoms with Crippen molar-refractivity contribution >= 4 is 11.6 Å². The molecule has 0 saturated heterocycles. The zero-order chi connectivity index (χ0) is 13.0. The summed E-state index contributed by atoms with van der Waals surface area (Å²) in [6.45, 7) is 5.99. The molecule has 1 unspecified atom stereocenters. The lowest BCUT2D eigenvalue weighted by Gasteiger charge is -2.18. The number of nitrogens with two attached hydrogens (primary N) is 1. The highest BCUT2D eigenvalue weighted by Crippen LogP contribution is 2.27. The zero-order valence-electron chi connectivity index (χ0n) is 10.5. The summed E-state index contributed by atoms with van der Waals surface area (Å²) in [6, 6.07) is 5.25. The number of phenols is 1. The lowest BCUT2D eigenvalue weighted by molar-refractivity contribution is -0.120. The number of nitrogens with one attached hydrogen (secondary N) is 1. The number of para-hydroxylation sites is 1. The number of anilines is 1. The van der Waals surface area contributed by atoms with Gasteiger partial charge in [0, 0.05) is 6.54 Å². The first-order chi connectivity index (χ1) is 7.97. The number of carbonyl (C=O) groups excluding carboxylic acids is 1. The molecule has 0 heterocycles. The second-order valence-electron chi connectivity index (χ2n) is 4.55. The van der Waals surface area contributed by atoms with Gasteiger partial charge in [0.25, 0.3) is 0 Å². The Morgan fingerprint density at radius 2 is 2.12 bits per heavy atom. The van der Waals surface area contributed by atoms with E-state index < -0.39 is 0 Å². The molecule has 0 aromatic heterocycles. The van der Waals surface area contributed by atoms with Crippen LogP contribution in [0.1, 0.15) is 19.4 Å². The van der Waals surface area contributed by atoms with E-state index in [1.807, 2.05) is 13.8 Å². The first kappa shape index (κ1) is 13.5. The van der Waals surface area contributed by atoms with Crippen LogP contribution in [0.15, 0.2) is 18.2 Å². The van der Waals surface area contributed by atoms with E-state index in [4.69, 9.17) is 5.73 Å². The van der Waals surface area contributed by atoms with E-state index >= 15 is 0 Å². The van der Waals surface area contributed by atoms with Gasteiger partial charge in [-0.2, -0.15) is 0 Å². The van der Waals surface area contributed by atoms with E-state index in [0.717, 1.165) is 5.56 Å². The molecular weight excluding hydrogens is 216 g/mol. The van der Waals surface area contributed by atoms with Gasteiger partial charge >= 0.3 is 0 Å². The average Bonchev–Trinajstić information content (AvgIpc) is 2.25. The van der Waals surface area contributed by atoms with Gasteiger partial charge in [0.1, 0.15) is 5.75 Å². The molecule has 0 aliphatic heterocycles. The lowest BCUT2D eigenvalue weighted by Crippen LogP contribution is -2.33. The largest absolute Gasteiger partial charge is 0.505 e. The zero-order valence-corrected chi connectivity index (χ0v) is 10.5. The predicted molar refractivity (Wildman–Crippen MR) is 68.9 cm³/mol. The molecule has 1 aromatic carbocycles. The van der Waals surface area contributed by atoms with Gasteiger partial charge in [-0.3, -0.25) is 4.79 Å². The third kappa shape index (κ3) is 3.20. The molecule has 1 atom stereocenters. The number of hydrogen-bond acceptors (Lipinski definition) is 3. The van der Waals surface area contributed by atoms with Crippen LogP contribution in [0.4, 0.5) is 5.69 Å². The predicted octanol–water partition coefficient (Wildman–Crippen LogP) is 1.87. The summed E-state index contributed by atoms with van der Waals surface area (Å²) in [7, 11) is 0. The molecule has 0 spiro atoms. The molecule has 4 nitrogen and oxygen atoms in total. The minimum absolute atomic E-state index is 0.111. The molecule has 0 fully saturated rings. The van der Waals surface area contributed by atoms with E-state index in [-0.39, 0.29) is 23.5 Å². The van der Waals surface area contributed by atoms with Crippen LogP contribution >= 0.6 is 0 Å². The highest BCUT2D eigenvalue weighted by Gasteiger charge is 2.21. The van der Waals surface area contributed by atoms with Crippen LogP contribution in [0, 0.1) is 18.8 Å². The summed E-state index contributed by atoms with van der Waals surface area (Å²) in [5.74, 6) is -0.106. The van der Waals surface area contributed by atoms with Crippen molar-refractivity contribution in [3.63, 3.8) is 0 Å².